The van der Waals surface area contributed by atoms with E-state index in [9.17, 15) is 69.9 Å². The second-order valence-corrected chi connectivity index (χ2v) is 16.8. The molecule has 3 aliphatic rings. The smallest absolute Gasteiger partial charge is 0.234 e. The van der Waals surface area contributed by atoms with Crippen LogP contribution in [0.5, 0.6) is 0 Å². The number of amides is 3. The second kappa shape index (κ2) is 29.1. The average molecular weight is 941 g/mol. The van der Waals surface area contributed by atoms with Crippen molar-refractivity contribution < 1.29 is 98.4 Å². The molecule has 0 aromatic heterocycles. The van der Waals surface area contributed by atoms with Gasteiger partial charge in [0.15, 0.2) is 18.9 Å². The fourth-order valence-electron chi connectivity index (χ4n) is 7.43. The number of unbranched alkanes of at least 4 members (excludes halogenated alkanes) is 4. The summed E-state index contributed by atoms with van der Waals surface area (Å²) in [6.45, 7) is 1.95. The number of ether oxygens (including phenoxy) is 6. The molecule has 3 fully saturated rings. The number of ketones is 2. The van der Waals surface area contributed by atoms with Crippen LogP contribution in [0.2, 0.25) is 0 Å². The first-order chi connectivity index (χ1) is 30.9. The van der Waals surface area contributed by atoms with Crippen molar-refractivity contribution in [2.45, 2.75) is 158 Å². The lowest BCUT2D eigenvalue weighted by Gasteiger charge is -2.47. The first kappa shape index (κ1) is 56.4. The molecule has 24 nitrogen and oxygen atoms in total. The predicted octanol–water partition coefficient (Wildman–Crippen LogP) is -5.32. The van der Waals surface area contributed by atoms with E-state index in [1.807, 2.05) is 0 Å². The number of carbonyl (C=O) groups is 5. The van der Waals surface area contributed by atoms with Crippen molar-refractivity contribution in [3.05, 3.63) is 0 Å². The lowest BCUT2D eigenvalue weighted by Crippen LogP contribution is -2.63. The van der Waals surface area contributed by atoms with Crippen molar-refractivity contribution in [2.75, 3.05) is 65.7 Å². The molecule has 3 amide bonds. The molecule has 0 aromatic rings. The molecule has 0 spiro atoms. The molecule has 3 rings (SSSR count). The Kier molecular flexibility index (Phi) is 25.3. The molecular formula is C41H72N4O20. The molecule has 0 bridgehead atoms. The molecule has 3 aliphatic heterocycles. The van der Waals surface area contributed by atoms with E-state index < -0.39 is 129 Å². The summed E-state index contributed by atoms with van der Waals surface area (Å²) >= 11 is 0. The lowest BCUT2D eigenvalue weighted by molar-refractivity contribution is -0.359. The third-order valence-electron chi connectivity index (χ3n) is 11.3. The third-order valence-corrected chi connectivity index (χ3v) is 11.3. The van der Waals surface area contributed by atoms with Gasteiger partial charge >= 0.3 is 0 Å². The highest BCUT2D eigenvalue weighted by atomic mass is 16.7. The quantitative estimate of drug-likeness (QED) is 0.0312. The maximum Gasteiger partial charge on any atom is 0.234 e. The SMILES string of the molecule is CC(=O)CCCCCNC(=O)CN(CC(=O)NCCCCCC(C)=O)CC(=O)NCCO[C@H]1O[C@H](CO[C@H]2O[C@H](CO)[C@@H](O)[C@H](O)[C@@H]2O)[C@@H](C)[C@H](O[C@H]2O[C@H](CO)[C@@H](O)[C@H](O)[C@@H]2O)[C@@H]1O. The second-order valence-electron chi connectivity index (χ2n) is 16.8. The van der Waals surface area contributed by atoms with E-state index >= 15 is 0 Å². The van der Waals surface area contributed by atoms with Crippen LogP contribution in [0.3, 0.4) is 0 Å². The molecule has 376 valence electrons. The van der Waals surface area contributed by atoms with Gasteiger partial charge in [-0.05, 0) is 39.5 Å². The van der Waals surface area contributed by atoms with Crippen molar-refractivity contribution >= 4 is 29.3 Å². The van der Waals surface area contributed by atoms with Gasteiger partial charge < -0.3 is 99.9 Å². The maximum atomic E-state index is 13.1. The van der Waals surface area contributed by atoms with E-state index in [0.29, 0.717) is 51.6 Å². The summed E-state index contributed by atoms with van der Waals surface area (Å²) in [5, 5.41) is 101. The van der Waals surface area contributed by atoms with E-state index in [2.05, 4.69) is 16.0 Å². The van der Waals surface area contributed by atoms with Gasteiger partial charge in [-0.3, -0.25) is 19.3 Å². The Hall–Kier alpha value is -2.89. The van der Waals surface area contributed by atoms with Gasteiger partial charge in [0.05, 0.1) is 58.3 Å². The summed E-state index contributed by atoms with van der Waals surface area (Å²) in [6, 6.07) is 0. The Balaban J connectivity index is 1.64. The molecule has 3 saturated heterocycles. The van der Waals surface area contributed by atoms with Gasteiger partial charge in [0.1, 0.15) is 66.5 Å². The Morgan fingerprint density at radius 3 is 1.43 bits per heavy atom. The Labute approximate surface area is 377 Å². The van der Waals surface area contributed by atoms with Crippen LogP contribution in [0.15, 0.2) is 0 Å². The van der Waals surface area contributed by atoms with Crippen LogP contribution >= 0.6 is 0 Å². The van der Waals surface area contributed by atoms with E-state index in [-0.39, 0.29) is 44.4 Å². The number of nitrogens with zero attached hydrogens (tertiary/aromatic N) is 1. The summed E-state index contributed by atoms with van der Waals surface area (Å²) in [6.07, 6.45) is -16.9. The number of nitrogens with one attached hydrogen (secondary N) is 3. The minimum Gasteiger partial charge on any atom is -0.394 e. The molecule has 0 unspecified atom stereocenters. The summed E-state index contributed by atoms with van der Waals surface area (Å²) in [5.74, 6) is -2.13. The van der Waals surface area contributed by atoms with Gasteiger partial charge in [0.25, 0.3) is 0 Å². The molecule has 12 N–H and O–H groups in total. The number of hydrogen-bond donors (Lipinski definition) is 12. The molecule has 0 radical (unpaired) electrons. The van der Waals surface area contributed by atoms with Crippen molar-refractivity contribution in [2.24, 2.45) is 5.92 Å². The number of carbonyl (C=O) groups excluding carboxylic acids is 5. The van der Waals surface area contributed by atoms with Gasteiger partial charge in [-0.25, -0.2) is 0 Å². The summed E-state index contributed by atoms with van der Waals surface area (Å²) < 4.78 is 34.4. The zero-order chi connectivity index (χ0) is 48.2. The van der Waals surface area contributed by atoms with Crippen LogP contribution in [0.1, 0.15) is 72.1 Å². The zero-order valence-electron chi connectivity index (χ0n) is 37.4. The first-order valence-corrected chi connectivity index (χ1v) is 22.2. The molecule has 0 saturated carbocycles. The number of aliphatic hydroxyl groups excluding tert-OH is 9. The summed E-state index contributed by atoms with van der Waals surface area (Å²) in [4.78, 5) is 62.5. The monoisotopic (exact) mass is 940 g/mol. The molecule has 15 atom stereocenters. The highest BCUT2D eigenvalue weighted by Crippen LogP contribution is 2.33. The van der Waals surface area contributed by atoms with Crippen molar-refractivity contribution in [3.63, 3.8) is 0 Å². The highest BCUT2D eigenvalue weighted by molar-refractivity contribution is 5.84. The van der Waals surface area contributed by atoms with Crippen LogP contribution in [0.25, 0.3) is 0 Å². The highest BCUT2D eigenvalue weighted by Gasteiger charge is 2.51. The van der Waals surface area contributed by atoms with Crippen LogP contribution in [0.4, 0.5) is 0 Å². The number of aliphatic hydroxyl groups is 9. The molecular weight excluding hydrogens is 868 g/mol. The first-order valence-electron chi connectivity index (χ1n) is 22.2. The molecule has 0 aliphatic carbocycles. The van der Waals surface area contributed by atoms with Gasteiger partial charge in [0.2, 0.25) is 17.7 Å². The van der Waals surface area contributed by atoms with Crippen LogP contribution < -0.4 is 16.0 Å². The number of rotatable bonds is 29. The molecule has 0 aromatic carbocycles. The largest absolute Gasteiger partial charge is 0.394 e. The van der Waals surface area contributed by atoms with Crippen LogP contribution in [0, 0.1) is 5.92 Å². The predicted molar refractivity (Wildman–Crippen MR) is 222 cm³/mol. The Morgan fingerprint density at radius 1 is 0.523 bits per heavy atom. The van der Waals surface area contributed by atoms with Gasteiger partial charge in [-0.1, -0.05) is 19.8 Å². The lowest BCUT2D eigenvalue weighted by atomic mass is 9.90. The van der Waals surface area contributed by atoms with Crippen molar-refractivity contribution in [3.8, 4) is 0 Å². The molecule has 3 heterocycles. The fraction of sp³-hybridized carbons (Fsp3) is 0.878. The zero-order valence-corrected chi connectivity index (χ0v) is 37.4. The maximum absolute atomic E-state index is 13.1. The fourth-order valence-corrected chi connectivity index (χ4v) is 7.43. The Morgan fingerprint density at radius 2 is 0.954 bits per heavy atom. The minimum absolute atomic E-state index is 0.0820. The summed E-state index contributed by atoms with van der Waals surface area (Å²) in [5.41, 5.74) is 0. The molecule has 65 heavy (non-hydrogen) atoms. The van der Waals surface area contributed by atoms with Gasteiger partial charge in [-0.15, -0.1) is 0 Å². The van der Waals surface area contributed by atoms with E-state index in [4.69, 9.17) is 28.4 Å². The van der Waals surface area contributed by atoms with Gasteiger partial charge in [0, 0.05) is 38.4 Å². The normalized spacial score (nSPS) is 32.8. The topological polar surface area (TPSA) is 362 Å². The van der Waals surface area contributed by atoms with Crippen LogP contribution in [-0.4, -0.2) is 232 Å². The summed E-state index contributed by atoms with van der Waals surface area (Å²) in [7, 11) is 0. The van der Waals surface area contributed by atoms with E-state index in [0.717, 1.165) is 12.8 Å². The van der Waals surface area contributed by atoms with Crippen molar-refractivity contribution in [1.82, 2.24) is 20.9 Å². The number of hydrogen-bond acceptors (Lipinski definition) is 21. The number of Topliss-reactive ketones (excluding diaryl/α,β-unsaturated/α-hetero) is 2. The Bertz CT molecular complexity index is 1420. The van der Waals surface area contributed by atoms with E-state index in [1.54, 1.807) is 6.92 Å². The van der Waals surface area contributed by atoms with Gasteiger partial charge in [-0.2, -0.15) is 0 Å². The van der Waals surface area contributed by atoms with E-state index in [1.165, 1.54) is 18.7 Å². The standard InChI is InChI=1S/C41H72N4O20/c1-22(48)10-6-4-8-12-42-28(50)16-45(17-29(51)43-13-9-5-7-11-23(2)49)18-30(52)44-14-15-60-40-37(59)38(65-41-36(58)34(56)32(54)26(20-47)63-41)24(3)27(64-40)21-61-39-35(57)33(55)31(53)25(19-46)62-39/h24-27,31-41,46-47,53-59H,4-21H2,1-3H3,(H,42,50)(H,43,51)(H,44,52)/t24-,25-,26-,27-,31-,32-,33+,34+,35+,36+,37+,38+,39+,40+,41-/m1/s1. The van der Waals surface area contributed by atoms with Crippen LogP contribution in [-0.2, 0) is 52.4 Å². The minimum atomic E-state index is -1.84. The van der Waals surface area contributed by atoms with Crippen molar-refractivity contribution in [1.29, 1.82) is 0 Å². The third kappa shape index (κ3) is 18.6. The molecule has 24 heteroatoms. The average Bonchev–Trinajstić information content (AvgIpc) is 3.25.